The first-order valence-corrected chi connectivity index (χ1v) is 6.72. The van der Waals surface area contributed by atoms with Gasteiger partial charge in [0, 0.05) is 23.5 Å². The number of likely N-dealkylation sites (N-methyl/N-ethyl adjacent to an activating group) is 1. The molecule has 1 aromatic carbocycles. The number of pyridine rings is 1. The maximum absolute atomic E-state index is 6.17. The Hall–Kier alpha value is -1.81. The van der Waals surface area contributed by atoms with Crippen LogP contribution in [-0.4, -0.2) is 36.1 Å². The van der Waals surface area contributed by atoms with E-state index < -0.39 is 0 Å². The van der Waals surface area contributed by atoms with Crippen LogP contribution in [0, 0.1) is 0 Å². The first-order chi connectivity index (χ1) is 9.24. The number of aromatic nitrogens is 1. The molecule has 0 radical (unpaired) electrons. The summed E-state index contributed by atoms with van der Waals surface area (Å²) in [5, 5.41) is 2.01. The van der Waals surface area contributed by atoms with Gasteiger partial charge in [0.15, 0.2) is 0 Å². The predicted octanol–water partition coefficient (Wildman–Crippen LogP) is 2.29. The first-order valence-electron chi connectivity index (χ1n) is 6.72. The highest BCUT2D eigenvalue weighted by molar-refractivity contribution is 5.94. The molecule has 1 aliphatic rings. The second-order valence-corrected chi connectivity index (χ2v) is 5.19. The van der Waals surface area contributed by atoms with Crippen LogP contribution in [0.3, 0.4) is 0 Å². The lowest BCUT2D eigenvalue weighted by molar-refractivity contribution is 0.105. The number of nitrogens with two attached hydrogens (primary N) is 1. The minimum Gasteiger partial charge on any atom is -0.488 e. The molecule has 0 spiro atoms. The Morgan fingerprint density at radius 1 is 1.32 bits per heavy atom. The summed E-state index contributed by atoms with van der Waals surface area (Å²) in [6.07, 6.45) is 4.30. The zero-order chi connectivity index (χ0) is 13.2. The Bertz CT molecular complexity index is 585. The average molecular weight is 257 g/mol. The fourth-order valence-corrected chi connectivity index (χ4v) is 2.70. The van der Waals surface area contributed by atoms with Gasteiger partial charge in [-0.05, 0) is 38.6 Å². The smallest absolute Gasteiger partial charge is 0.131 e. The van der Waals surface area contributed by atoms with E-state index in [1.165, 1.54) is 6.42 Å². The number of nitrogen functional groups attached to an aromatic ring is 1. The molecule has 0 amide bonds. The molecular formula is C15H19N3O. The van der Waals surface area contributed by atoms with Gasteiger partial charge in [-0.15, -0.1) is 0 Å². The number of benzene rings is 1. The van der Waals surface area contributed by atoms with Gasteiger partial charge in [0.05, 0.1) is 0 Å². The number of hydrogen-bond donors (Lipinski definition) is 1. The number of fused-ring (bicyclic) bond motifs is 1. The van der Waals surface area contributed by atoms with Crippen LogP contribution in [0.1, 0.15) is 12.8 Å². The van der Waals surface area contributed by atoms with E-state index in [1.54, 1.807) is 6.20 Å². The molecule has 1 unspecified atom stereocenters. The van der Waals surface area contributed by atoms with E-state index in [2.05, 4.69) is 16.9 Å². The van der Waals surface area contributed by atoms with Crippen LogP contribution in [-0.2, 0) is 0 Å². The van der Waals surface area contributed by atoms with Crippen molar-refractivity contribution in [2.45, 2.75) is 18.9 Å². The Balaban J connectivity index is 1.90. The first kappa shape index (κ1) is 12.2. The topological polar surface area (TPSA) is 51.4 Å². The number of nitrogens with zero attached hydrogens (tertiary/aromatic N) is 2. The molecule has 4 nitrogen and oxygen atoms in total. The van der Waals surface area contributed by atoms with Crippen molar-refractivity contribution in [3.63, 3.8) is 0 Å². The molecular weight excluding hydrogens is 238 g/mol. The molecule has 100 valence electrons. The number of anilines is 1. The van der Waals surface area contributed by atoms with E-state index >= 15 is 0 Å². The number of ether oxygens (including phenoxy) is 1. The van der Waals surface area contributed by atoms with Crippen LogP contribution in [0.2, 0.25) is 0 Å². The van der Waals surface area contributed by atoms with E-state index in [4.69, 9.17) is 10.5 Å². The van der Waals surface area contributed by atoms with E-state index in [-0.39, 0.29) is 6.10 Å². The molecule has 3 rings (SSSR count). The standard InChI is InChI=1S/C15H19N3O/c1-18-9-3-4-11(10-18)19-14-6-2-5-13-12(14)7-8-17-15(13)16/h2,5-8,11H,3-4,9-10H2,1H3,(H2,16,17). The van der Waals surface area contributed by atoms with Crippen LogP contribution < -0.4 is 10.5 Å². The van der Waals surface area contributed by atoms with Gasteiger partial charge < -0.3 is 15.4 Å². The van der Waals surface area contributed by atoms with Crippen molar-refractivity contribution in [2.24, 2.45) is 0 Å². The van der Waals surface area contributed by atoms with Gasteiger partial charge in [0.25, 0.3) is 0 Å². The van der Waals surface area contributed by atoms with Crippen LogP contribution in [0.5, 0.6) is 5.75 Å². The van der Waals surface area contributed by atoms with Crippen LogP contribution in [0.15, 0.2) is 30.5 Å². The second-order valence-electron chi connectivity index (χ2n) is 5.19. The lowest BCUT2D eigenvalue weighted by atomic mass is 10.1. The highest BCUT2D eigenvalue weighted by Gasteiger charge is 2.19. The van der Waals surface area contributed by atoms with Crippen molar-refractivity contribution in [3.8, 4) is 5.75 Å². The van der Waals surface area contributed by atoms with Crippen molar-refractivity contribution in [2.75, 3.05) is 25.9 Å². The van der Waals surface area contributed by atoms with Crippen molar-refractivity contribution >= 4 is 16.6 Å². The van der Waals surface area contributed by atoms with Crippen LogP contribution in [0.4, 0.5) is 5.82 Å². The fourth-order valence-electron chi connectivity index (χ4n) is 2.70. The maximum Gasteiger partial charge on any atom is 0.131 e. The lowest BCUT2D eigenvalue weighted by Gasteiger charge is -2.30. The summed E-state index contributed by atoms with van der Waals surface area (Å²) >= 11 is 0. The predicted molar refractivity (Wildman–Crippen MR) is 77.3 cm³/mol. The SMILES string of the molecule is CN1CCCC(Oc2cccc3c(N)nccc23)C1. The van der Waals surface area contributed by atoms with Crippen molar-refractivity contribution in [1.29, 1.82) is 0 Å². The highest BCUT2D eigenvalue weighted by Crippen LogP contribution is 2.29. The monoisotopic (exact) mass is 257 g/mol. The van der Waals surface area contributed by atoms with Gasteiger partial charge in [0.2, 0.25) is 0 Å². The van der Waals surface area contributed by atoms with Gasteiger partial charge >= 0.3 is 0 Å². The van der Waals surface area contributed by atoms with Crippen molar-refractivity contribution in [1.82, 2.24) is 9.88 Å². The summed E-state index contributed by atoms with van der Waals surface area (Å²) in [5.74, 6) is 1.47. The van der Waals surface area contributed by atoms with Crippen LogP contribution in [0.25, 0.3) is 10.8 Å². The van der Waals surface area contributed by atoms with Gasteiger partial charge in [0.1, 0.15) is 17.7 Å². The maximum atomic E-state index is 6.17. The molecule has 2 aromatic rings. The highest BCUT2D eigenvalue weighted by atomic mass is 16.5. The molecule has 1 atom stereocenters. The van der Waals surface area contributed by atoms with E-state index in [0.29, 0.717) is 5.82 Å². The molecule has 1 aliphatic heterocycles. The van der Waals surface area contributed by atoms with Gasteiger partial charge in [-0.25, -0.2) is 4.98 Å². The number of piperidine rings is 1. The van der Waals surface area contributed by atoms with Gasteiger partial charge in [-0.1, -0.05) is 12.1 Å². The zero-order valence-electron chi connectivity index (χ0n) is 11.2. The van der Waals surface area contributed by atoms with Crippen LogP contribution >= 0.6 is 0 Å². The Morgan fingerprint density at radius 3 is 3.05 bits per heavy atom. The summed E-state index contributed by atoms with van der Waals surface area (Å²) in [6.45, 7) is 2.14. The summed E-state index contributed by atoms with van der Waals surface area (Å²) in [7, 11) is 2.14. The summed E-state index contributed by atoms with van der Waals surface area (Å²) < 4.78 is 6.17. The molecule has 0 saturated carbocycles. The van der Waals surface area contributed by atoms with Gasteiger partial charge in [-0.3, -0.25) is 0 Å². The minimum absolute atomic E-state index is 0.263. The number of hydrogen-bond acceptors (Lipinski definition) is 4. The van der Waals surface area contributed by atoms with Crippen molar-refractivity contribution in [3.05, 3.63) is 30.5 Å². The summed E-state index contributed by atoms with van der Waals surface area (Å²) in [6, 6.07) is 7.93. The molecule has 0 aliphatic carbocycles. The number of likely N-dealkylation sites (tertiary alicyclic amines) is 1. The molecule has 2 heterocycles. The van der Waals surface area contributed by atoms with Gasteiger partial charge in [-0.2, -0.15) is 0 Å². The quantitative estimate of drug-likeness (QED) is 0.897. The molecule has 1 saturated heterocycles. The average Bonchev–Trinajstić information content (AvgIpc) is 2.40. The Labute approximate surface area is 113 Å². The molecule has 4 heteroatoms. The summed E-state index contributed by atoms with van der Waals surface area (Å²) in [4.78, 5) is 6.44. The van der Waals surface area contributed by atoms with Crippen molar-refractivity contribution < 1.29 is 4.74 Å². The van der Waals surface area contributed by atoms with E-state index in [0.717, 1.165) is 36.0 Å². The molecule has 19 heavy (non-hydrogen) atoms. The molecule has 2 N–H and O–H groups in total. The molecule has 1 aromatic heterocycles. The Morgan fingerprint density at radius 2 is 2.21 bits per heavy atom. The lowest BCUT2D eigenvalue weighted by Crippen LogP contribution is -2.38. The normalized spacial score (nSPS) is 20.6. The summed E-state index contributed by atoms with van der Waals surface area (Å²) in [5.41, 5.74) is 5.91. The third-order valence-electron chi connectivity index (χ3n) is 3.67. The minimum atomic E-state index is 0.263. The number of rotatable bonds is 2. The fraction of sp³-hybridized carbons (Fsp3) is 0.400. The third kappa shape index (κ3) is 2.49. The zero-order valence-corrected chi connectivity index (χ0v) is 11.2. The van der Waals surface area contributed by atoms with E-state index in [9.17, 15) is 0 Å². The largest absolute Gasteiger partial charge is 0.488 e. The van der Waals surface area contributed by atoms with E-state index in [1.807, 2.05) is 24.3 Å². The third-order valence-corrected chi connectivity index (χ3v) is 3.67. The second kappa shape index (κ2) is 5.05. The molecule has 1 fully saturated rings. The molecule has 0 bridgehead atoms. The Kier molecular flexibility index (Phi) is 3.25.